The monoisotopic (exact) mass is 493 g/mol. The van der Waals surface area contributed by atoms with Gasteiger partial charge in [0.05, 0.1) is 5.52 Å². The van der Waals surface area contributed by atoms with E-state index in [0.29, 0.717) is 6.42 Å². The number of carboxylic acid groups (broad SMARTS) is 1. The highest BCUT2D eigenvalue weighted by Gasteiger charge is 2.44. The van der Waals surface area contributed by atoms with Crippen LogP contribution in [0.25, 0.3) is 10.9 Å². The van der Waals surface area contributed by atoms with Gasteiger partial charge in [-0.25, -0.2) is 0 Å². The van der Waals surface area contributed by atoms with E-state index in [2.05, 4.69) is 4.98 Å². The van der Waals surface area contributed by atoms with Crippen LogP contribution >= 0.6 is 11.8 Å². The molecular formula is C23H27NO9S. The molecule has 2 aromatic rings. The SMILES string of the molecule is CC(=O)O.CC(=O)OCC1OC(Sc2cccc3cccnc23)CC(OC(C)=O)C1OC(C)=O. The van der Waals surface area contributed by atoms with Crippen molar-refractivity contribution in [3.05, 3.63) is 36.5 Å². The summed E-state index contributed by atoms with van der Waals surface area (Å²) >= 11 is 1.43. The Morgan fingerprint density at radius 3 is 2.29 bits per heavy atom. The van der Waals surface area contributed by atoms with Crippen LogP contribution in [-0.4, -0.2) is 64.3 Å². The maximum absolute atomic E-state index is 11.7. The molecule has 2 heterocycles. The van der Waals surface area contributed by atoms with Crippen molar-refractivity contribution < 1.29 is 43.2 Å². The van der Waals surface area contributed by atoms with Crippen LogP contribution in [-0.2, 0) is 38.1 Å². The van der Waals surface area contributed by atoms with Crippen molar-refractivity contribution in [1.82, 2.24) is 4.98 Å². The van der Waals surface area contributed by atoms with Gasteiger partial charge < -0.3 is 24.1 Å². The number of carbonyl (C=O) groups excluding carboxylic acids is 3. The summed E-state index contributed by atoms with van der Waals surface area (Å²) < 4.78 is 22.0. The van der Waals surface area contributed by atoms with Crippen LogP contribution in [0.4, 0.5) is 0 Å². The molecule has 0 amide bonds. The summed E-state index contributed by atoms with van der Waals surface area (Å²) in [6, 6.07) is 9.66. The summed E-state index contributed by atoms with van der Waals surface area (Å²) in [5.41, 5.74) is 0.394. The van der Waals surface area contributed by atoms with Crippen LogP contribution in [0.1, 0.15) is 34.1 Å². The van der Waals surface area contributed by atoms with E-state index in [9.17, 15) is 14.4 Å². The lowest BCUT2D eigenvalue weighted by Crippen LogP contribution is -2.53. The molecule has 34 heavy (non-hydrogen) atoms. The first-order chi connectivity index (χ1) is 16.1. The van der Waals surface area contributed by atoms with E-state index in [1.54, 1.807) is 6.20 Å². The first-order valence-corrected chi connectivity index (χ1v) is 11.3. The third kappa shape index (κ3) is 8.64. The highest BCUT2D eigenvalue weighted by molar-refractivity contribution is 8.00. The normalized spacial score (nSPS) is 21.5. The minimum absolute atomic E-state index is 0.129. The molecule has 1 aliphatic rings. The average molecular weight is 494 g/mol. The fourth-order valence-electron chi connectivity index (χ4n) is 3.29. The molecule has 0 aliphatic carbocycles. The lowest BCUT2D eigenvalue weighted by molar-refractivity contribution is -0.204. The number of carbonyl (C=O) groups is 4. The summed E-state index contributed by atoms with van der Waals surface area (Å²) in [5, 5.41) is 8.41. The molecule has 4 atom stereocenters. The van der Waals surface area contributed by atoms with Crippen molar-refractivity contribution in [2.24, 2.45) is 0 Å². The van der Waals surface area contributed by atoms with Gasteiger partial charge >= 0.3 is 17.9 Å². The van der Waals surface area contributed by atoms with E-state index in [0.717, 1.165) is 22.7 Å². The average Bonchev–Trinajstić information content (AvgIpc) is 2.73. The largest absolute Gasteiger partial charge is 0.481 e. The number of fused-ring (bicyclic) bond motifs is 1. The van der Waals surface area contributed by atoms with Gasteiger partial charge in [0.1, 0.15) is 24.3 Å². The first kappa shape index (κ1) is 27.1. The molecule has 184 valence electrons. The van der Waals surface area contributed by atoms with E-state index in [4.69, 9.17) is 28.8 Å². The van der Waals surface area contributed by atoms with Crippen LogP contribution in [0.15, 0.2) is 41.4 Å². The zero-order valence-corrected chi connectivity index (χ0v) is 20.1. The van der Waals surface area contributed by atoms with Gasteiger partial charge in [-0.2, -0.15) is 0 Å². The molecule has 4 unspecified atom stereocenters. The maximum Gasteiger partial charge on any atom is 0.303 e. The molecule has 1 aliphatic heterocycles. The molecule has 1 aromatic heterocycles. The number of aromatic nitrogens is 1. The zero-order valence-electron chi connectivity index (χ0n) is 19.3. The lowest BCUT2D eigenvalue weighted by atomic mass is 10.0. The molecule has 0 radical (unpaired) electrons. The summed E-state index contributed by atoms with van der Waals surface area (Å²) in [7, 11) is 0. The van der Waals surface area contributed by atoms with E-state index >= 15 is 0 Å². The summed E-state index contributed by atoms with van der Waals surface area (Å²) in [6.45, 7) is 4.78. The highest BCUT2D eigenvalue weighted by Crippen LogP contribution is 2.37. The number of pyridine rings is 1. The van der Waals surface area contributed by atoms with Gasteiger partial charge in [0, 0.05) is 50.6 Å². The van der Waals surface area contributed by atoms with Gasteiger partial charge in [0.25, 0.3) is 5.97 Å². The molecule has 11 heteroatoms. The van der Waals surface area contributed by atoms with Crippen molar-refractivity contribution in [3.8, 4) is 0 Å². The van der Waals surface area contributed by atoms with E-state index in [1.807, 2.05) is 30.3 Å². The molecule has 3 rings (SSSR count). The third-order valence-electron chi connectivity index (χ3n) is 4.41. The number of nitrogens with zero attached hydrogens (tertiary/aromatic N) is 1. The second-order valence-corrected chi connectivity index (χ2v) is 8.53. The number of esters is 3. The Bertz CT molecular complexity index is 1020. The fraction of sp³-hybridized carbons (Fsp3) is 0.435. The molecule has 0 bridgehead atoms. The van der Waals surface area contributed by atoms with Gasteiger partial charge in [-0.1, -0.05) is 30.0 Å². The Labute approximate surface area is 200 Å². The molecule has 0 spiro atoms. The Morgan fingerprint density at radius 2 is 1.68 bits per heavy atom. The summed E-state index contributed by atoms with van der Waals surface area (Å²) in [4.78, 5) is 48.9. The molecular weight excluding hydrogens is 466 g/mol. The molecule has 1 saturated heterocycles. The Balaban J connectivity index is 0.000000945. The molecule has 1 N–H and O–H groups in total. The van der Waals surface area contributed by atoms with Gasteiger partial charge in [-0.05, 0) is 12.1 Å². The number of benzene rings is 1. The van der Waals surface area contributed by atoms with Crippen molar-refractivity contribution in [2.45, 2.75) is 62.8 Å². The number of rotatable bonds is 6. The molecule has 1 aromatic carbocycles. The van der Waals surface area contributed by atoms with Gasteiger partial charge in [-0.15, -0.1) is 0 Å². The molecule has 1 fully saturated rings. The van der Waals surface area contributed by atoms with E-state index < -0.39 is 47.6 Å². The Morgan fingerprint density at radius 1 is 1.03 bits per heavy atom. The molecule has 0 saturated carbocycles. The second kappa shape index (κ2) is 12.9. The lowest BCUT2D eigenvalue weighted by Gasteiger charge is -2.39. The topological polar surface area (TPSA) is 138 Å². The van der Waals surface area contributed by atoms with Crippen LogP contribution in [0, 0.1) is 0 Å². The smallest absolute Gasteiger partial charge is 0.303 e. The second-order valence-electron chi connectivity index (χ2n) is 7.33. The maximum atomic E-state index is 11.7. The minimum atomic E-state index is -0.881. The number of aliphatic carboxylic acids is 1. The minimum Gasteiger partial charge on any atom is -0.481 e. The van der Waals surface area contributed by atoms with Crippen molar-refractivity contribution in [1.29, 1.82) is 0 Å². The number of carboxylic acids is 1. The van der Waals surface area contributed by atoms with Crippen LogP contribution in [0.5, 0.6) is 0 Å². The van der Waals surface area contributed by atoms with Crippen LogP contribution in [0.3, 0.4) is 0 Å². The fourth-order valence-corrected chi connectivity index (χ4v) is 4.49. The van der Waals surface area contributed by atoms with Crippen LogP contribution in [0.2, 0.25) is 0 Å². The van der Waals surface area contributed by atoms with E-state index in [1.165, 1.54) is 32.5 Å². The quantitative estimate of drug-likeness (QED) is 0.469. The Hall–Kier alpha value is -3.18. The first-order valence-electron chi connectivity index (χ1n) is 10.4. The predicted octanol–water partition coefficient (Wildman–Crippen LogP) is 2.96. The van der Waals surface area contributed by atoms with Crippen LogP contribution < -0.4 is 0 Å². The number of hydrogen-bond acceptors (Lipinski definition) is 10. The van der Waals surface area contributed by atoms with Gasteiger partial charge in [-0.3, -0.25) is 24.2 Å². The summed E-state index contributed by atoms with van der Waals surface area (Å²) in [5.74, 6) is -2.36. The van der Waals surface area contributed by atoms with Gasteiger partial charge in [0.15, 0.2) is 6.10 Å². The number of thioether (sulfide) groups is 1. The Kier molecular flexibility index (Phi) is 10.3. The van der Waals surface area contributed by atoms with Crippen molar-refractivity contribution >= 4 is 46.5 Å². The van der Waals surface area contributed by atoms with E-state index in [-0.39, 0.29) is 6.61 Å². The predicted molar refractivity (Wildman–Crippen MR) is 122 cm³/mol. The highest BCUT2D eigenvalue weighted by atomic mass is 32.2. The van der Waals surface area contributed by atoms with Crippen molar-refractivity contribution in [2.75, 3.05) is 6.61 Å². The molecule has 10 nitrogen and oxygen atoms in total. The third-order valence-corrected chi connectivity index (χ3v) is 5.56. The summed E-state index contributed by atoms with van der Waals surface area (Å²) in [6.07, 6.45) is -0.386. The number of ether oxygens (including phenoxy) is 4. The van der Waals surface area contributed by atoms with Crippen molar-refractivity contribution in [3.63, 3.8) is 0 Å². The number of hydrogen-bond donors (Lipinski definition) is 1. The standard InChI is InChI=1S/C21H23NO7S.C2H4O2/c1-12(23)26-11-17-21(28-14(3)25)16(27-13(2)24)10-19(29-17)30-18-8-4-6-15-7-5-9-22-20(15)18;1-2(3)4/h4-9,16-17,19,21H,10-11H2,1-3H3;1H3,(H,3,4). The van der Waals surface area contributed by atoms with Gasteiger partial charge in [0.2, 0.25) is 0 Å². The number of para-hydroxylation sites is 1. The zero-order chi connectivity index (χ0) is 25.3.